The number of likely N-dealkylation sites (tertiary alicyclic amines) is 1. The van der Waals surface area contributed by atoms with Crippen molar-refractivity contribution in [3.63, 3.8) is 0 Å². The van der Waals surface area contributed by atoms with Crippen LogP contribution in [0.3, 0.4) is 0 Å². The Kier molecular flexibility index (Phi) is 7.74. The van der Waals surface area contributed by atoms with Gasteiger partial charge in [-0.15, -0.1) is 0 Å². The van der Waals surface area contributed by atoms with Gasteiger partial charge in [-0.2, -0.15) is 0 Å². The van der Waals surface area contributed by atoms with Crippen LogP contribution in [0.1, 0.15) is 44.2 Å². The number of likely N-dealkylation sites (N-methyl/N-ethyl adjacent to an activating group) is 1. The molecule has 0 unspecified atom stereocenters. The molecule has 1 aliphatic rings. The van der Waals surface area contributed by atoms with E-state index >= 15 is 0 Å². The first-order chi connectivity index (χ1) is 15.7. The third kappa shape index (κ3) is 6.34. The molecule has 1 heterocycles. The lowest BCUT2D eigenvalue weighted by Gasteiger charge is -2.31. The minimum absolute atomic E-state index is 0.194. The van der Waals surface area contributed by atoms with Gasteiger partial charge in [0.25, 0.3) is 0 Å². The summed E-state index contributed by atoms with van der Waals surface area (Å²) in [4.78, 5) is 40.6. The van der Waals surface area contributed by atoms with Crippen molar-refractivity contribution in [1.82, 2.24) is 15.5 Å². The molecule has 1 aliphatic heterocycles. The molecule has 1 fully saturated rings. The lowest BCUT2D eigenvalue weighted by molar-refractivity contribution is -0.131. The Bertz CT molecular complexity index is 957. The van der Waals surface area contributed by atoms with E-state index in [0.29, 0.717) is 19.4 Å². The van der Waals surface area contributed by atoms with Crippen LogP contribution in [0, 0.1) is 0 Å². The highest BCUT2D eigenvalue weighted by atomic mass is 16.6. The fraction of sp³-hybridized carbons (Fsp3) is 0.423. The van der Waals surface area contributed by atoms with Gasteiger partial charge in [-0.05, 0) is 38.3 Å². The predicted molar refractivity (Wildman–Crippen MR) is 127 cm³/mol. The van der Waals surface area contributed by atoms with Gasteiger partial charge in [0.2, 0.25) is 11.8 Å². The maximum Gasteiger partial charge on any atom is 0.410 e. The summed E-state index contributed by atoms with van der Waals surface area (Å²) in [6.45, 7) is 5.79. The summed E-state index contributed by atoms with van der Waals surface area (Å²) >= 11 is 0. The number of ether oxygens (including phenoxy) is 1. The highest BCUT2D eigenvalue weighted by Gasteiger charge is 2.44. The molecular weight excluding hydrogens is 418 g/mol. The summed E-state index contributed by atoms with van der Waals surface area (Å²) < 4.78 is 5.58. The molecule has 3 amide bonds. The summed E-state index contributed by atoms with van der Waals surface area (Å²) in [6, 6.07) is 17.7. The molecule has 7 nitrogen and oxygen atoms in total. The molecule has 33 heavy (non-hydrogen) atoms. The van der Waals surface area contributed by atoms with Gasteiger partial charge in [0.15, 0.2) is 0 Å². The SMILES string of the molecule is CNC(=O)[C@@H](Cc1ccccc1)NC(=O)[C@@H]1[C@@H](c2ccccc2)CCN1C(=O)OC(C)(C)C. The summed E-state index contributed by atoms with van der Waals surface area (Å²) in [5.41, 5.74) is 1.23. The van der Waals surface area contributed by atoms with Crippen molar-refractivity contribution in [2.45, 2.75) is 57.2 Å². The van der Waals surface area contributed by atoms with Crippen LogP contribution in [-0.4, -0.2) is 54.1 Å². The van der Waals surface area contributed by atoms with Gasteiger partial charge >= 0.3 is 6.09 Å². The van der Waals surface area contributed by atoms with E-state index in [-0.39, 0.29) is 17.7 Å². The average molecular weight is 452 g/mol. The van der Waals surface area contributed by atoms with Gasteiger partial charge in [-0.1, -0.05) is 60.7 Å². The Labute approximate surface area is 195 Å². The van der Waals surface area contributed by atoms with E-state index in [9.17, 15) is 14.4 Å². The Morgan fingerprint density at radius 2 is 1.64 bits per heavy atom. The largest absolute Gasteiger partial charge is 0.444 e. The van der Waals surface area contributed by atoms with E-state index in [0.717, 1.165) is 11.1 Å². The molecule has 0 spiro atoms. The van der Waals surface area contributed by atoms with Gasteiger partial charge in [0, 0.05) is 25.9 Å². The van der Waals surface area contributed by atoms with Crippen LogP contribution < -0.4 is 10.6 Å². The van der Waals surface area contributed by atoms with Crippen molar-refractivity contribution >= 4 is 17.9 Å². The van der Waals surface area contributed by atoms with Gasteiger partial charge in [-0.25, -0.2) is 4.79 Å². The Hall–Kier alpha value is -3.35. The highest BCUT2D eigenvalue weighted by Crippen LogP contribution is 2.34. The third-order valence-corrected chi connectivity index (χ3v) is 5.68. The first-order valence-electron chi connectivity index (χ1n) is 11.3. The van der Waals surface area contributed by atoms with Crippen LogP contribution in [0.15, 0.2) is 60.7 Å². The van der Waals surface area contributed by atoms with Gasteiger partial charge in [0.1, 0.15) is 17.7 Å². The predicted octanol–water partition coefficient (Wildman–Crippen LogP) is 3.25. The number of carbonyl (C=O) groups is 3. The number of hydrogen-bond acceptors (Lipinski definition) is 4. The van der Waals surface area contributed by atoms with E-state index in [4.69, 9.17) is 4.74 Å². The summed E-state index contributed by atoms with van der Waals surface area (Å²) in [5.74, 6) is -0.845. The van der Waals surface area contributed by atoms with Crippen molar-refractivity contribution in [2.75, 3.05) is 13.6 Å². The van der Waals surface area contributed by atoms with Gasteiger partial charge in [0.05, 0.1) is 0 Å². The maximum absolute atomic E-state index is 13.6. The molecule has 1 saturated heterocycles. The topological polar surface area (TPSA) is 87.7 Å². The number of rotatable bonds is 6. The zero-order valence-electron chi connectivity index (χ0n) is 19.7. The van der Waals surface area contributed by atoms with Crippen LogP contribution in [-0.2, 0) is 20.7 Å². The smallest absolute Gasteiger partial charge is 0.410 e. The minimum atomic E-state index is -0.773. The Morgan fingerprint density at radius 1 is 1.03 bits per heavy atom. The van der Waals surface area contributed by atoms with Gasteiger partial charge in [-0.3, -0.25) is 14.5 Å². The van der Waals surface area contributed by atoms with Crippen molar-refractivity contribution in [3.05, 3.63) is 71.8 Å². The summed E-state index contributed by atoms with van der Waals surface area (Å²) in [6.07, 6.45) is 0.451. The first-order valence-corrected chi connectivity index (χ1v) is 11.3. The standard InChI is InChI=1S/C26H33N3O4/c1-26(2,3)33-25(32)29-16-15-20(19-13-9-6-10-14-19)22(29)24(31)28-21(23(30)27-4)17-18-11-7-5-8-12-18/h5-14,20-22H,15-17H2,1-4H3,(H,27,30)(H,28,31)/t20-,21-,22+/m1/s1. The molecule has 2 aromatic rings. The van der Waals surface area contributed by atoms with Crippen molar-refractivity contribution < 1.29 is 19.1 Å². The maximum atomic E-state index is 13.6. The lowest BCUT2D eigenvalue weighted by atomic mass is 9.91. The molecule has 3 rings (SSSR count). The lowest BCUT2D eigenvalue weighted by Crippen LogP contribution is -2.55. The molecule has 3 atom stereocenters. The third-order valence-electron chi connectivity index (χ3n) is 5.68. The second-order valence-electron chi connectivity index (χ2n) is 9.29. The molecule has 0 aliphatic carbocycles. The van der Waals surface area contributed by atoms with E-state index in [1.807, 2.05) is 60.7 Å². The van der Waals surface area contributed by atoms with E-state index in [2.05, 4.69) is 10.6 Å². The second kappa shape index (κ2) is 10.5. The summed E-state index contributed by atoms with van der Waals surface area (Å²) in [7, 11) is 1.54. The normalized spacial score (nSPS) is 19.0. The van der Waals surface area contributed by atoms with E-state index in [1.54, 1.807) is 27.8 Å². The quantitative estimate of drug-likeness (QED) is 0.706. The monoisotopic (exact) mass is 451 g/mol. The molecular formula is C26H33N3O4. The van der Waals surface area contributed by atoms with Crippen LogP contribution >= 0.6 is 0 Å². The minimum Gasteiger partial charge on any atom is -0.444 e. The van der Waals surface area contributed by atoms with Crippen LogP contribution in [0.2, 0.25) is 0 Å². The first kappa shape index (κ1) is 24.3. The Morgan fingerprint density at radius 3 is 2.21 bits per heavy atom. The molecule has 176 valence electrons. The number of nitrogens with zero attached hydrogens (tertiary/aromatic N) is 1. The van der Waals surface area contributed by atoms with Crippen LogP contribution in [0.4, 0.5) is 4.79 Å². The van der Waals surface area contributed by atoms with Crippen molar-refractivity contribution in [2.24, 2.45) is 0 Å². The number of carbonyl (C=O) groups excluding carboxylic acids is 3. The average Bonchev–Trinajstić information content (AvgIpc) is 3.24. The molecule has 0 radical (unpaired) electrons. The van der Waals surface area contributed by atoms with Crippen molar-refractivity contribution in [1.29, 1.82) is 0 Å². The van der Waals surface area contributed by atoms with E-state index < -0.39 is 23.8 Å². The Balaban J connectivity index is 1.87. The molecule has 7 heteroatoms. The molecule has 0 bridgehead atoms. The highest BCUT2D eigenvalue weighted by molar-refractivity contribution is 5.92. The molecule has 2 N–H and O–H groups in total. The number of amides is 3. The van der Waals surface area contributed by atoms with Crippen molar-refractivity contribution in [3.8, 4) is 0 Å². The number of benzene rings is 2. The zero-order valence-corrected chi connectivity index (χ0v) is 19.7. The van der Waals surface area contributed by atoms with E-state index in [1.165, 1.54) is 4.90 Å². The summed E-state index contributed by atoms with van der Waals surface area (Å²) in [5, 5.41) is 5.54. The molecule has 0 saturated carbocycles. The second-order valence-corrected chi connectivity index (χ2v) is 9.29. The fourth-order valence-corrected chi connectivity index (χ4v) is 4.18. The van der Waals surface area contributed by atoms with Crippen LogP contribution in [0.5, 0.6) is 0 Å². The molecule has 0 aromatic heterocycles. The van der Waals surface area contributed by atoms with Crippen LogP contribution in [0.25, 0.3) is 0 Å². The zero-order chi connectivity index (χ0) is 24.0. The number of hydrogen-bond donors (Lipinski definition) is 2. The fourth-order valence-electron chi connectivity index (χ4n) is 4.18. The molecule has 2 aromatic carbocycles. The van der Waals surface area contributed by atoms with Gasteiger partial charge < -0.3 is 15.4 Å². The number of nitrogens with one attached hydrogen (secondary N) is 2.